The highest BCUT2D eigenvalue weighted by atomic mass is 35.5. The minimum Gasteiger partial charge on any atom is -0.310 e. The zero-order chi connectivity index (χ0) is 19.2. The second-order valence-electron chi connectivity index (χ2n) is 5.84. The first-order valence-electron chi connectivity index (χ1n) is 7.55. The van der Waals surface area contributed by atoms with E-state index in [-0.39, 0.29) is 11.4 Å². The molecule has 1 N–H and O–H groups in total. The zero-order valence-electron chi connectivity index (χ0n) is 13.6. The van der Waals surface area contributed by atoms with Crippen molar-refractivity contribution in [1.82, 2.24) is 14.5 Å². The van der Waals surface area contributed by atoms with Crippen molar-refractivity contribution in [3.05, 3.63) is 57.1 Å². The highest BCUT2D eigenvalue weighted by Gasteiger charge is 2.43. The van der Waals surface area contributed by atoms with Crippen molar-refractivity contribution in [3.8, 4) is 0 Å². The second-order valence-corrected chi connectivity index (χ2v) is 6.18. The fourth-order valence-electron chi connectivity index (χ4n) is 2.87. The first kappa shape index (κ1) is 18.4. The summed E-state index contributed by atoms with van der Waals surface area (Å²) in [5, 5.41) is 1.39. The number of aromatic nitrogens is 2. The van der Waals surface area contributed by atoms with Gasteiger partial charge in [0.05, 0.1) is 17.2 Å². The van der Waals surface area contributed by atoms with E-state index >= 15 is 0 Å². The van der Waals surface area contributed by atoms with Gasteiger partial charge in [-0.3, -0.25) is 14.6 Å². The molecule has 6 nitrogen and oxygen atoms in total. The summed E-state index contributed by atoms with van der Waals surface area (Å²) in [7, 11) is 0. The van der Waals surface area contributed by atoms with Gasteiger partial charge in [-0.2, -0.15) is 13.2 Å². The topological polar surface area (TPSA) is 69.3 Å². The van der Waals surface area contributed by atoms with Crippen molar-refractivity contribution in [1.29, 1.82) is 0 Å². The largest absolute Gasteiger partial charge is 0.416 e. The van der Waals surface area contributed by atoms with Crippen LogP contribution in [0.2, 0.25) is 0 Å². The first-order valence-corrected chi connectivity index (χ1v) is 7.88. The fourth-order valence-corrected chi connectivity index (χ4v) is 3.21. The lowest BCUT2D eigenvalue weighted by Gasteiger charge is -2.31. The van der Waals surface area contributed by atoms with Crippen molar-refractivity contribution in [2.24, 2.45) is 0 Å². The van der Waals surface area contributed by atoms with Gasteiger partial charge < -0.3 is 4.98 Å². The van der Waals surface area contributed by atoms with E-state index in [4.69, 9.17) is 11.8 Å². The molecule has 2 unspecified atom stereocenters. The third-order valence-corrected chi connectivity index (χ3v) is 4.52. The molecule has 0 amide bonds. The van der Waals surface area contributed by atoms with E-state index in [1.165, 1.54) is 17.1 Å². The van der Waals surface area contributed by atoms with Gasteiger partial charge in [-0.1, -0.05) is 12.1 Å². The number of hydrogen-bond acceptors (Lipinski definition) is 5. The molecule has 0 spiro atoms. The normalized spacial score (nSPS) is 18.7. The molecule has 2 atom stereocenters. The summed E-state index contributed by atoms with van der Waals surface area (Å²) in [6.45, 7) is 3.24. The number of fused-ring (bicyclic) bond motifs is 1. The summed E-state index contributed by atoms with van der Waals surface area (Å²) in [6, 6.07) is 2.80. The van der Waals surface area contributed by atoms with Crippen LogP contribution >= 0.6 is 11.8 Å². The summed E-state index contributed by atoms with van der Waals surface area (Å²) < 4.78 is 39.2. The van der Waals surface area contributed by atoms with Crippen LogP contribution in [0.15, 0.2) is 29.1 Å². The van der Waals surface area contributed by atoms with Crippen LogP contribution in [0.1, 0.15) is 41.5 Å². The molecule has 1 aromatic heterocycles. The van der Waals surface area contributed by atoms with E-state index in [1.54, 1.807) is 20.1 Å². The van der Waals surface area contributed by atoms with Gasteiger partial charge in [0.2, 0.25) is 6.29 Å². The second kappa shape index (κ2) is 6.40. The smallest absolute Gasteiger partial charge is 0.310 e. The number of nitrogens with one attached hydrogen (secondary N) is 1. The molecule has 10 heteroatoms. The molecule has 0 aliphatic carbocycles. The van der Waals surface area contributed by atoms with E-state index in [0.717, 1.165) is 16.7 Å². The quantitative estimate of drug-likeness (QED) is 0.822. The Morgan fingerprint density at radius 2 is 1.92 bits per heavy atom. The molecule has 1 radical (unpaired) electrons. The maximum absolute atomic E-state index is 12.7. The molecule has 137 valence electrons. The SMILES string of the molecule is Cc1nc2c(c(=O)[nH]1)C([C]=O)N(Cl)N2C(C)c1ccc(C(F)(F)F)cc1. The van der Waals surface area contributed by atoms with Crippen LogP contribution in [0.3, 0.4) is 0 Å². The lowest BCUT2D eigenvalue weighted by molar-refractivity contribution is -0.137. The molecule has 1 aliphatic rings. The Kier molecular flexibility index (Phi) is 4.53. The molecule has 0 saturated heterocycles. The minimum atomic E-state index is -4.44. The summed E-state index contributed by atoms with van der Waals surface area (Å²) >= 11 is 6.21. The van der Waals surface area contributed by atoms with Crippen LogP contribution in [0.4, 0.5) is 19.0 Å². The number of aromatic amines is 1. The molecule has 0 bridgehead atoms. The zero-order valence-corrected chi connectivity index (χ0v) is 14.4. The maximum atomic E-state index is 12.7. The van der Waals surface area contributed by atoms with Gasteiger partial charge in [0.1, 0.15) is 11.9 Å². The third-order valence-electron chi connectivity index (χ3n) is 4.16. The highest BCUT2D eigenvalue weighted by Crippen LogP contribution is 2.42. The van der Waals surface area contributed by atoms with Gasteiger partial charge in [-0.15, -0.1) is 4.53 Å². The number of nitrogens with zero attached hydrogens (tertiary/aromatic N) is 3. The van der Waals surface area contributed by atoms with Crippen molar-refractivity contribution in [2.45, 2.75) is 32.1 Å². The molecule has 1 aliphatic heterocycles. The minimum absolute atomic E-state index is 0.0411. The van der Waals surface area contributed by atoms with Gasteiger partial charge in [-0.25, -0.2) is 4.98 Å². The number of aryl methyl sites for hydroxylation is 1. The average molecular weight is 386 g/mol. The van der Waals surface area contributed by atoms with E-state index < -0.39 is 29.4 Å². The van der Waals surface area contributed by atoms with Gasteiger partial charge in [0, 0.05) is 11.8 Å². The fraction of sp³-hybridized carbons (Fsp3) is 0.312. The summed E-state index contributed by atoms with van der Waals surface area (Å²) in [6.07, 6.45) is -2.75. The molecule has 0 fully saturated rings. The van der Waals surface area contributed by atoms with Crippen molar-refractivity contribution < 1.29 is 18.0 Å². The number of H-pyrrole nitrogens is 1. The van der Waals surface area contributed by atoms with Gasteiger partial charge in [0.15, 0.2) is 5.82 Å². The predicted molar refractivity (Wildman–Crippen MR) is 88.1 cm³/mol. The third kappa shape index (κ3) is 2.97. The lowest BCUT2D eigenvalue weighted by atomic mass is 10.1. The molecular weight excluding hydrogens is 373 g/mol. The Labute approximate surface area is 151 Å². The van der Waals surface area contributed by atoms with E-state index in [9.17, 15) is 22.8 Å². The number of hydrazine groups is 1. The van der Waals surface area contributed by atoms with Crippen LogP contribution in [0, 0.1) is 6.92 Å². The number of alkyl halides is 3. The standard InChI is InChI=1S/C16H13ClF3N4O2/c1-8(10-3-5-11(6-4-10)16(18,19)20)23-14-13(12(7-25)24(23)17)15(26)22-9(2)21-14/h3-6,8,12H,1-2H3,(H,21,22,26). The van der Waals surface area contributed by atoms with Gasteiger partial charge in [0.25, 0.3) is 5.56 Å². The Morgan fingerprint density at radius 1 is 1.31 bits per heavy atom. The summed E-state index contributed by atoms with van der Waals surface area (Å²) in [4.78, 5) is 30.2. The monoisotopic (exact) mass is 385 g/mol. The van der Waals surface area contributed by atoms with Gasteiger partial charge >= 0.3 is 6.18 Å². The molecule has 0 saturated carbocycles. The molecule has 2 aromatic rings. The first-order chi connectivity index (χ1) is 12.1. The predicted octanol–water partition coefficient (Wildman–Crippen LogP) is 3.20. The Morgan fingerprint density at radius 3 is 2.46 bits per heavy atom. The number of halogens is 4. The van der Waals surface area contributed by atoms with E-state index in [1.807, 2.05) is 0 Å². The molecule has 1 aromatic carbocycles. The van der Waals surface area contributed by atoms with Crippen molar-refractivity contribution in [3.63, 3.8) is 0 Å². The van der Waals surface area contributed by atoms with Crippen molar-refractivity contribution in [2.75, 3.05) is 5.01 Å². The van der Waals surface area contributed by atoms with Crippen LogP contribution < -0.4 is 10.6 Å². The van der Waals surface area contributed by atoms with Crippen LogP contribution in [-0.4, -0.2) is 20.8 Å². The highest BCUT2D eigenvalue weighted by molar-refractivity contribution is 6.16. The van der Waals surface area contributed by atoms with Crippen molar-refractivity contribution >= 4 is 23.9 Å². The molecular formula is C16H13ClF3N4O2. The summed E-state index contributed by atoms with van der Waals surface area (Å²) in [5.74, 6) is 0.483. The Hall–Kier alpha value is -2.39. The van der Waals surface area contributed by atoms with Crippen LogP contribution in [0.25, 0.3) is 0 Å². The average Bonchev–Trinajstić information content (AvgIpc) is 2.85. The summed E-state index contributed by atoms with van der Waals surface area (Å²) in [5.41, 5.74) is -0.753. The Bertz CT molecular complexity index is 898. The maximum Gasteiger partial charge on any atom is 0.416 e. The molecule has 3 rings (SSSR count). The molecule has 2 heterocycles. The lowest BCUT2D eigenvalue weighted by Crippen LogP contribution is -2.35. The van der Waals surface area contributed by atoms with Crippen LogP contribution in [-0.2, 0) is 11.0 Å². The Balaban J connectivity index is 2.04. The van der Waals surface area contributed by atoms with Gasteiger partial charge in [-0.05, 0) is 31.5 Å². The number of benzene rings is 1. The van der Waals surface area contributed by atoms with Crippen LogP contribution in [0.5, 0.6) is 0 Å². The number of hydrogen-bond donors (Lipinski definition) is 1. The number of rotatable bonds is 3. The molecule has 26 heavy (non-hydrogen) atoms. The number of carbonyl (C=O) groups excluding carboxylic acids is 1. The van der Waals surface area contributed by atoms with E-state index in [0.29, 0.717) is 11.4 Å². The van der Waals surface area contributed by atoms with E-state index in [2.05, 4.69) is 9.97 Å². The number of anilines is 1.